The molecule has 88 valence electrons. The minimum atomic E-state index is -0.323. The van der Waals surface area contributed by atoms with E-state index in [2.05, 4.69) is 4.98 Å². The number of carbonyl (C=O) groups is 2. The van der Waals surface area contributed by atoms with Gasteiger partial charge in [0, 0.05) is 13.2 Å². The number of nitrogens with zero attached hydrogens (tertiary/aromatic N) is 3. The lowest BCUT2D eigenvalue weighted by molar-refractivity contribution is -0.124. The minimum Gasteiger partial charge on any atom is -0.267 e. The summed E-state index contributed by atoms with van der Waals surface area (Å²) >= 11 is 0. The molecule has 0 saturated carbocycles. The molecule has 1 fully saturated rings. The Labute approximate surface area is 99.3 Å². The summed E-state index contributed by atoms with van der Waals surface area (Å²) in [5.41, 5.74) is 0.934. The molecule has 2 amide bonds. The predicted octanol–water partition coefficient (Wildman–Crippen LogP) is 1.14. The van der Waals surface area contributed by atoms with E-state index in [1.54, 1.807) is 45.3 Å². The molecule has 0 bridgehead atoms. The number of carbonyl (C=O) groups excluding carboxylic acids is 2. The number of pyridine rings is 1. The van der Waals surface area contributed by atoms with Crippen LogP contribution in [0, 0.1) is 0 Å². The summed E-state index contributed by atoms with van der Waals surface area (Å²) in [5.74, 6) is -0.165. The largest absolute Gasteiger partial charge is 0.284 e. The molecule has 0 unspecified atom stereocenters. The molecule has 2 rings (SSSR count). The van der Waals surface area contributed by atoms with Crippen molar-refractivity contribution in [1.82, 2.24) is 9.99 Å². The zero-order valence-corrected chi connectivity index (χ0v) is 9.97. The smallest absolute Gasteiger partial charge is 0.267 e. The van der Waals surface area contributed by atoms with Crippen molar-refractivity contribution in [3.8, 4) is 0 Å². The summed E-state index contributed by atoms with van der Waals surface area (Å²) in [6.45, 7) is 3.50. The first-order valence-corrected chi connectivity index (χ1v) is 5.25. The fraction of sp³-hybridized carbons (Fsp3) is 0.250. The first-order chi connectivity index (χ1) is 8.04. The first-order valence-electron chi connectivity index (χ1n) is 5.25. The van der Waals surface area contributed by atoms with E-state index in [1.165, 1.54) is 10.0 Å². The maximum absolute atomic E-state index is 12.1. The zero-order chi connectivity index (χ0) is 12.6. The number of hydrazine groups is 1. The number of hydrogen-bond donors (Lipinski definition) is 0. The number of amides is 2. The molecule has 1 aliphatic rings. The quantitative estimate of drug-likeness (QED) is 0.538. The van der Waals surface area contributed by atoms with E-state index in [1.807, 2.05) is 0 Å². The van der Waals surface area contributed by atoms with Crippen LogP contribution >= 0.6 is 0 Å². The minimum absolute atomic E-state index is 0.221. The van der Waals surface area contributed by atoms with Gasteiger partial charge in [0.1, 0.15) is 5.57 Å². The molecule has 1 saturated heterocycles. The third kappa shape index (κ3) is 1.69. The molecule has 17 heavy (non-hydrogen) atoms. The van der Waals surface area contributed by atoms with Gasteiger partial charge in [-0.2, -0.15) is 5.01 Å². The van der Waals surface area contributed by atoms with E-state index in [4.69, 9.17) is 0 Å². The van der Waals surface area contributed by atoms with Crippen LogP contribution < -0.4 is 5.01 Å². The normalized spacial score (nSPS) is 15.8. The Morgan fingerprint density at radius 2 is 1.88 bits per heavy atom. The van der Waals surface area contributed by atoms with Gasteiger partial charge in [-0.1, -0.05) is 11.6 Å². The van der Waals surface area contributed by atoms with Crippen molar-refractivity contribution in [2.45, 2.75) is 13.8 Å². The van der Waals surface area contributed by atoms with Gasteiger partial charge in [-0.05, 0) is 26.0 Å². The van der Waals surface area contributed by atoms with Crippen molar-refractivity contribution in [3.05, 3.63) is 35.5 Å². The highest BCUT2D eigenvalue weighted by Crippen LogP contribution is 2.25. The van der Waals surface area contributed by atoms with E-state index < -0.39 is 0 Å². The molecule has 1 aromatic rings. The van der Waals surface area contributed by atoms with Crippen LogP contribution in [0.3, 0.4) is 0 Å². The molecular formula is C12H13N3O2. The molecule has 1 aromatic heterocycles. The Morgan fingerprint density at radius 1 is 1.18 bits per heavy atom. The van der Waals surface area contributed by atoms with Crippen LogP contribution in [0.15, 0.2) is 35.5 Å². The van der Waals surface area contributed by atoms with Crippen LogP contribution in [-0.2, 0) is 9.59 Å². The highest BCUT2D eigenvalue weighted by molar-refractivity contribution is 6.29. The van der Waals surface area contributed by atoms with Gasteiger partial charge < -0.3 is 0 Å². The number of allylic oxidation sites excluding steroid dienone is 1. The lowest BCUT2D eigenvalue weighted by atomic mass is 10.1. The van der Waals surface area contributed by atoms with Crippen molar-refractivity contribution in [3.63, 3.8) is 0 Å². The number of anilines is 1. The first kappa shape index (κ1) is 11.3. The van der Waals surface area contributed by atoms with Gasteiger partial charge in [-0.3, -0.25) is 9.59 Å². The Bertz CT molecular complexity index is 504. The third-order valence-corrected chi connectivity index (χ3v) is 2.58. The molecule has 0 aromatic carbocycles. The standard InChI is InChI=1S/C12H13N3O2/c1-8(2)10-11(16)14(3)15(12(10)17)9-6-4-5-7-13-9/h4-7H,1-3H3. The van der Waals surface area contributed by atoms with Gasteiger partial charge in [-0.15, -0.1) is 0 Å². The summed E-state index contributed by atoms with van der Waals surface area (Å²) < 4.78 is 0. The van der Waals surface area contributed by atoms with Crippen LogP contribution in [0.1, 0.15) is 13.8 Å². The van der Waals surface area contributed by atoms with Crippen molar-refractivity contribution < 1.29 is 9.59 Å². The van der Waals surface area contributed by atoms with Crippen molar-refractivity contribution >= 4 is 17.6 Å². The molecule has 5 heteroatoms. The van der Waals surface area contributed by atoms with Gasteiger partial charge >= 0.3 is 0 Å². The monoisotopic (exact) mass is 231 g/mol. The zero-order valence-electron chi connectivity index (χ0n) is 9.97. The second-order valence-electron chi connectivity index (χ2n) is 4.01. The van der Waals surface area contributed by atoms with Crippen molar-refractivity contribution in [1.29, 1.82) is 0 Å². The SMILES string of the molecule is CC(C)=C1C(=O)N(C)N(c2ccccn2)C1=O. The highest BCUT2D eigenvalue weighted by atomic mass is 16.2. The van der Waals surface area contributed by atoms with E-state index in [0.29, 0.717) is 11.4 Å². The molecule has 1 aliphatic heterocycles. The second-order valence-corrected chi connectivity index (χ2v) is 4.01. The van der Waals surface area contributed by atoms with Gasteiger partial charge in [0.05, 0.1) is 0 Å². The van der Waals surface area contributed by atoms with Gasteiger partial charge in [0.15, 0.2) is 5.82 Å². The number of hydrogen-bond acceptors (Lipinski definition) is 3. The van der Waals surface area contributed by atoms with Crippen molar-refractivity contribution in [2.75, 3.05) is 12.1 Å². The Balaban J connectivity index is 2.49. The maximum atomic E-state index is 12.1. The summed E-state index contributed by atoms with van der Waals surface area (Å²) in [4.78, 5) is 28.1. The number of likely N-dealkylation sites (N-methyl/N-ethyl adjacent to an activating group) is 1. The predicted molar refractivity (Wildman–Crippen MR) is 62.9 cm³/mol. The molecule has 0 radical (unpaired) electrons. The Kier molecular flexibility index (Phi) is 2.67. The highest BCUT2D eigenvalue weighted by Gasteiger charge is 2.40. The van der Waals surface area contributed by atoms with Crippen LogP contribution in [0.2, 0.25) is 0 Å². The lowest BCUT2D eigenvalue weighted by Gasteiger charge is -2.21. The molecule has 0 N–H and O–H groups in total. The topological polar surface area (TPSA) is 53.5 Å². The molecule has 2 heterocycles. The van der Waals surface area contributed by atoms with Gasteiger partial charge in [0.2, 0.25) is 0 Å². The van der Waals surface area contributed by atoms with Crippen LogP contribution in [0.25, 0.3) is 0 Å². The van der Waals surface area contributed by atoms with Crippen LogP contribution in [-0.4, -0.2) is 28.9 Å². The lowest BCUT2D eigenvalue weighted by Crippen LogP contribution is -2.38. The number of rotatable bonds is 1. The fourth-order valence-corrected chi connectivity index (χ4v) is 1.75. The summed E-state index contributed by atoms with van der Waals surface area (Å²) in [5, 5.41) is 2.57. The molecule has 0 spiro atoms. The van der Waals surface area contributed by atoms with Gasteiger partial charge in [-0.25, -0.2) is 9.99 Å². The van der Waals surface area contributed by atoms with E-state index in [9.17, 15) is 9.59 Å². The average molecular weight is 231 g/mol. The van der Waals surface area contributed by atoms with Crippen LogP contribution in [0.5, 0.6) is 0 Å². The van der Waals surface area contributed by atoms with Crippen molar-refractivity contribution in [2.24, 2.45) is 0 Å². The molecule has 5 nitrogen and oxygen atoms in total. The number of aromatic nitrogens is 1. The third-order valence-electron chi connectivity index (χ3n) is 2.58. The van der Waals surface area contributed by atoms with Gasteiger partial charge in [0.25, 0.3) is 11.8 Å². The molecule has 0 atom stereocenters. The molecule has 0 aliphatic carbocycles. The summed E-state index contributed by atoms with van der Waals surface area (Å²) in [6.07, 6.45) is 1.58. The summed E-state index contributed by atoms with van der Waals surface area (Å²) in [6, 6.07) is 5.22. The van der Waals surface area contributed by atoms with E-state index in [0.717, 1.165) is 0 Å². The van der Waals surface area contributed by atoms with Crippen LogP contribution in [0.4, 0.5) is 5.82 Å². The van der Waals surface area contributed by atoms with E-state index in [-0.39, 0.29) is 17.4 Å². The Morgan fingerprint density at radius 3 is 2.35 bits per heavy atom. The fourth-order valence-electron chi connectivity index (χ4n) is 1.75. The second kappa shape index (κ2) is 4.01. The maximum Gasteiger partial charge on any atom is 0.284 e. The molecular weight excluding hydrogens is 218 g/mol. The van der Waals surface area contributed by atoms with E-state index >= 15 is 0 Å². The average Bonchev–Trinajstić information content (AvgIpc) is 2.51. The Hall–Kier alpha value is -2.17. The summed E-state index contributed by atoms with van der Waals surface area (Å²) in [7, 11) is 1.56.